The number of nitrogens with zero attached hydrogens (tertiary/aromatic N) is 2. The number of aryl methyl sites for hydroxylation is 3. The molecule has 3 rings (SSSR count). The molecule has 0 radical (unpaired) electrons. The van der Waals surface area contributed by atoms with E-state index < -0.39 is 10.0 Å². The molecule has 0 aliphatic carbocycles. The third kappa shape index (κ3) is 4.84. The van der Waals surface area contributed by atoms with Crippen LogP contribution in [0.3, 0.4) is 0 Å². The number of carbonyl (C=O) groups excluding carboxylic acids is 1. The molecule has 0 spiro atoms. The summed E-state index contributed by atoms with van der Waals surface area (Å²) < 4.78 is 33.8. The standard InChI is InChI=1S/C22H34N2O4S/c1-5-28-20-7-6-10-23(15-20)22(25)19-8-11-24(12-9-19)29(26,27)21-17(3)13-16(2)14-18(21)4/h13-14,19-20H,5-12,15H2,1-4H3. The second-order valence-corrected chi connectivity index (χ2v) is 10.3. The van der Waals surface area contributed by atoms with E-state index in [1.54, 1.807) is 4.31 Å². The highest BCUT2D eigenvalue weighted by Gasteiger charge is 2.36. The molecule has 2 saturated heterocycles. The number of benzene rings is 1. The number of amides is 1. The van der Waals surface area contributed by atoms with Crippen molar-refractivity contribution in [1.82, 2.24) is 9.21 Å². The molecule has 1 atom stereocenters. The molecule has 0 N–H and O–H groups in total. The van der Waals surface area contributed by atoms with Gasteiger partial charge in [0.15, 0.2) is 0 Å². The van der Waals surface area contributed by atoms with E-state index in [-0.39, 0.29) is 17.9 Å². The van der Waals surface area contributed by atoms with Crippen LogP contribution in [-0.4, -0.2) is 62.4 Å². The molecular weight excluding hydrogens is 388 g/mol. The van der Waals surface area contributed by atoms with Crippen molar-refractivity contribution < 1.29 is 17.9 Å². The van der Waals surface area contributed by atoms with Gasteiger partial charge >= 0.3 is 0 Å². The van der Waals surface area contributed by atoms with E-state index in [2.05, 4.69) is 0 Å². The highest BCUT2D eigenvalue weighted by atomic mass is 32.2. The van der Waals surface area contributed by atoms with Crippen molar-refractivity contribution in [2.45, 2.75) is 64.4 Å². The largest absolute Gasteiger partial charge is 0.377 e. The third-order valence-electron chi connectivity index (χ3n) is 6.10. The van der Waals surface area contributed by atoms with Gasteiger partial charge in [-0.3, -0.25) is 4.79 Å². The van der Waals surface area contributed by atoms with Crippen LogP contribution in [0.5, 0.6) is 0 Å². The minimum atomic E-state index is -3.54. The van der Waals surface area contributed by atoms with Crippen molar-refractivity contribution in [2.24, 2.45) is 5.92 Å². The zero-order valence-corrected chi connectivity index (χ0v) is 18.9. The first-order valence-corrected chi connectivity index (χ1v) is 12.2. The summed E-state index contributed by atoms with van der Waals surface area (Å²) in [5.41, 5.74) is 2.64. The van der Waals surface area contributed by atoms with Crippen molar-refractivity contribution in [3.63, 3.8) is 0 Å². The SMILES string of the molecule is CCOC1CCCN(C(=O)C2CCN(S(=O)(=O)c3c(C)cc(C)cc3C)CC2)C1. The first-order chi connectivity index (χ1) is 13.7. The highest BCUT2D eigenvalue weighted by molar-refractivity contribution is 7.89. The molecule has 1 aromatic carbocycles. The zero-order valence-electron chi connectivity index (χ0n) is 18.1. The van der Waals surface area contributed by atoms with Gasteiger partial charge < -0.3 is 9.64 Å². The van der Waals surface area contributed by atoms with Crippen molar-refractivity contribution in [2.75, 3.05) is 32.8 Å². The van der Waals surface area contributed by atoms with E-state index in [9.17, 15) is 13.2 Å². The summed E-state index contributed by atoms with van der Waals surface area (Å²) in [6, 6.07) is 3.84. The van der Waals surface area contributed by atoms with Gasteiger partial charge in [-0.1, -0.05) is 17.7 Å². The second kappa shape index (κ2) is 9.14. The highest BCUT2D eigenvalue weighted by Crippen LogP contribution is 2.30. The van der Waals surface area contributed by atoms with E-state index in [4.69, 9.17) is 4.74 Å². The number of ether oxygens (including phenoxy) is 1. The lowest BCUT2D eigenvalue weighted by molar-refractivity contribution is -0.140. The molecule has 2 aliphatic heterocycles. The fourth-order valence-electron chi connectivity index (χ4n) is 4.81. The predicted molar refractivity (Wildman–Crippen MR) is 113 cm³/mol. The number of carbonyl (C=O) groups is 1. The van der Waals surface area contributed by atoms with E-state index in [0.29, 0.717) is 44.0 Å². The Bertz CT molecular complexity index is 819. The van der Waals surface area contributed by atoms with E-state index in [1.165, 1.54) is 0 Å². The lowest BCUT2D eigenvalue weighted by Gasteiger charge is -2.37. The molecule has 0 bridgehead atoms. The average Bonchev–Trinajstić information content (AvgIpc) is 2.67. The monoisotopic (exact) mass is 422 g/mol. The molecular formula is C22H34N2O4S. The third-order valence-corrected chi connectivity index (χ3v) is 8.30. The van der Waals surface area contributed by atoms with Crippen molar-refractivity contribution in [3.05, 3.63) is 28.8 Å². The Hall–Kier alpha value is -1.44. The summed E-state index contributed by atoms with van der Waals surface area (Å²) in [5.74, 6) is 0.0659. The number of rotatable bonds is 5. The van der Waals surface area contributed by atoms with Crippen LogP contribution in [0, 0.1) is 26.7 Å². The van der Waals surface area contributed by atoms with Crippen LogP contribution >= 0.6 is 0 Å². The predicted octanol–water partition coefficient (Wildman–Crippen LogP) is 3.04. The van der Waals surface area contributed by atoms with Gasteiger partial charge in [-0.2, -0.15) is 4.31 Å². The fourth-order valence-corrected chi connectivity index (χ4v) is 6.70. The van der Waals surface area contributed by atoms with E-state index in [0.717, 1.165) is 36.1 Å². The Morgan fingerprint density at radius 1 is 1.07 bits per heavy atom. The second-order valence-electron chi connectivity index (χ2n) is 8.41. The molecule has 1 unspecified atom stereocenters. The van der Waals surface area contributed by atoms with Gasteiger partial charge in [-0.25, -0.2) is 8.42 Å². The molecule has 1 amide bonds. The van der Waals surface area contributed by atoms with Gasteiger partial charge in [-0.05, 0) is 64.5 Å². The van der Waals surface area contributed by atoms with Crippen LogP contribution in [0.4, 0.5) is 0 Å². The number of piperidine rings is 2. The van der Waals surface area contributed by atoms with Crippen LogP contribution in [0.15, 0.2) is 17.0 Å². The normalized spacial score (nSPS) is 22.1. The lowest BCUT2D eigenvalue weighted by atomic mass is 9.95. The van der Waals surface area contributed by atoms with Crippen LogP contribution < -0.4 is 0 Å². The van der Waals surface area contributed by atoms with E-state index >= 15 is 0 Å². The minimum absolute atomic E-state index is 0.0953. The first kappa shape index (κ1) is 22.2. The van der Waals surface area contributed by atoms with Crippen LogP contribution in [0.25, 0.3) is 0 Å². The molecule has 29 heavy (non-hydrogen) atoms. The quantitative estimate of drug-likeness (QED) is 0.732. The van der Waals surface area contributed by atoms with Gasteiger partial charge in [0, 0.05) is 38.7 Å². The van der Waals surface area contributed by atoms with Crippen molar-refractivity contribution in [3.8, 4) is 0 Å². The molecule has 2 heterocycles. The topological polar surface area (TPSA) is 66.9 Å². The molecule has 6 nitrogen and oxygen atoms in total. The Morgan fingerprint density at radius 3 is 2.28 bits per heavy atom. The number of likely N-dealkylation sites (tertiary alicyclic amines) is 1. The maximum atomic E-state index is 13.2. The summed E-state index contributed by atoms with van der Waals surface area (Å²) in [6.45, 7) is 10.6. The molecule has 2 aliphatic rings. The summed E-state index contributed by atoms with van der Waals surface area (Å²) in [6.07, 6.45) is 3.26. The number of hydrogen-bond donors (Lipinski definition) is 0. The van der Waals surface area contributed by atoms with Gasteiger partial charge in [0.05, 0.1) is 11.0 Å². The smallest absolute Gasteiger partial charge is 0.243 e. The molecule has 7 heteroatoms. The summed E-state index contributed by atoms with van der Waals surface area (Å²) in [4.78, 5) is 15.3. The Kier molecular flexibility index (Phi) is 7.02. The Balaban J connectivity index is 1.65. The zero-order chi connectivity index (χ0) is 21.2. The fraction of sp³-hybridized carbons (Fsp3) is 0.682. The first-order valence-electron chi connectivity index (χ1n) is 10.7. The van der Waals surface area contributed by atoms with Gasteiger partial charge in [0.1, 0.15) is 0 Å². The molecule has 0 saturated carbocycles. The Labute approximate surface area is 175 Å². The maximum Gasteiger partial charge on any atom is 0.243 e. The lowest BCUT2D eigenvalue weighted by Crippen LogP contribution is -2.48. The number of hydrogen-bond acceptors (Lipinski definition) is 4. The summed E-state index contributed by atoms with van der Waals surface area (Å²) in [5, 5.41) is 0. The van der Waals surface area contributed by atoms with E-state index in [1.807, 2.05) is 44.7 Å². The molecule has 1 aromatic rings. The van der Waals surface area contributed by atoms with Gasteiger partial charge in [0.2, 0.25) is 15.9 Å². The van der Waals surface area contributed by atoms with Crippen molar-refractivity contribution in [1.29, 1.82) is 0 Å². The number of sulfonamides is 1. The minimum Gasteiger partial charge on any atom is -0.377 e. The van der Waals surface area contributed by atoms with Gasteiger partial charge in [-0.15, -0.1) is 0 Å². The van der Waals surface area contributed by atoms with Crippen LogP contribution in [-0.2, 0) is 19.6 Å². The summed E-state index contributed by atoms with van der Waals surface area (Å²) >= 11 is 0. The van der Waals surface area contributed by atoms with Gasteiger partial charge in [0.25, 0.3) is 0 Å². The van der Waals surface area contributed by atoms with Crippen LogP contribution in [0.1, 0.15) is 49.3 Å². The molecule has 162 valence electrons. The average molecular weight is 423 g/mol. The maximum absolute atomic E-state index is 13.2. The summed E-state index contributed by atoms with van der Waals surface area (Å²) in [7, 11) is -3.54. The Morgan fingerprint density at radius 2 is 1.69 bits per heavy atom. The molecule has 0 aromatic heterocycles. The molecule has 2 fully saturated rings. The van der Waals surface area contributed by atoms with Crippen LogP contribution in [0.2, 0.25) is 0 Å². The van der Waals surface area contributed by atoms with Crippen molar-refractivity contribution >= 4 is 15.9 Å².